The molecule has 0 unspecified atom stereocenters. The summed E-state index contributed by atoms with van der Waals surface area (Å²) in [6, 6.07) is 10.3. The molecule has 0 aliphatic heterocycles. The molecule has 2 aromatic rings. The van der Waals surface area contributed by atoms with E-state index in [1.165, 1.54) is 10.6 Å². The third kappa shape index (κ3) is 4.91. The Labute approximate surface area is 125 Å². The van der Waals surface area contributed by atoms with Crippen LogP contribution in [0.2, 0.25) is 0 Å². The third-order valence-corrected chi connectivity index (χ3v) is 3.60. The van der Waals surface area contributed by atoms with Gasteiger partial charge in [0.05, 0.1) is 12.2 Å². The zero-order valence-corrected chi connectivity index (χ0v) is 12.9. The Morgan fingerprint density at radius 1 is 1.26 bits per heavy atom. The highest BCUT2D eigenvalue weighted by Gasteiger charge is 2.06. The molecule has 0 amide bonds. The van der Waals surface area contributed by atoms with Crippen LogP contribution in [0.1, 0.15) is 5.01 Å². The lowest BCUT2D eigenvalue weighted by Crippen LogP contribution is -2.26. The summed E-state index contributed by atoms with van der Waals surface area (Å²) >= 11 is 1.73. The summed E-state index contributed by atoms with van der Waals surface area (Å²) in [4.78, 5) is 6.97. The van der Waals surface area contributed by atoms with Gasteiger partial charge in [-0.1, -0.05) is 30.3 Å². The topological polar surface area (TPSA) is 28.2 Å². The number of nitrogens with zero attached hydrogens (tertiary/aromatic N) is 2. The van der Waals surface area contributed by atoms with E-state index < -0.39 is 0 Å². The van der Waals surface area contributed by atoms with Crippen molar-refractivity contribution in [2.45, 2.75) is 6.54 Å². The van der Waals surface area contributed by atoms with Crippen molar-refractivity contribution in [2.75, 3.05) is 27.2 Å². The predicted molar refractivity (Wildman–Crippen MR) is 85.1 cm³/mol. The molecule has 0 saturated carbocycles. The molecule has 0 atom stereocenters. The lowest BCUT2D eigenvalue weighted by atomic mass is 10.2. The second-order valence-corrected chi connectivity index (χ2v) is 5.28. The highest BCUT2D eigenvalue weighted by molar-refractivity contribution is 7.09. The summed E-state index contributed by atoms with van der Waals surface area (Å²) in [5.41, 5.74) is 2.27. The van der Waals surface area contributed by atoms with Crippen LogP contribution in [-0.2, 0) is 6.54 Å². The van der Waals surface area contributed by atoms with Gasteiger partial charge in [-0.2, -0.15) is 0 Å². The lowest BCUT2D eigenvalue weighted by Gasteiger charge is -2.14. The molecule has 1 heterocycles. The molecule has 19 heavy (non-hydrogen) atoms. The van der Waals surface area contributed by atoms with Crippen molar-refractivity contribution in [3.63, 3.8) is 0 Å². The number of halogens is 1. The van der Waals surface area contributed by atoms with E-state index in [0.29, 0.717) is 0 Å². The number of nitrogens with one attached hydrogen (secondary N) is 1. The average Bonchev–Trinajstić information content (AvgIpc) is 2.86. The predicted octanol–water partition coefficient (Wildman–Crippen LogP) is 2.88. The molecule has 0 radical (unpaired) electrons. The number of thiazole rings is 1. The summed E-state index contributed by atoms with van der Waals surface area (Å²) in [5, 5.41) is 6.47. The Balaban J connectivity index is 0.00000180. The summed E-state index contributed by atoms with van der Waals surface area (Å²) in [5.74, 6) is 0. The summed E-state index contributed by atoms with van der Waals surface area (Å²) in [6.07, 6.45) is 0. The monoisotopic (exact) mass is 297 g/mol. The molecule has 0 aliphatic carbocycles. The maximum atomic E-state index is 4.68. The first-order valence-corrected chi connectivity index (χ1v) is 7.00. The molecule has 0 spiro atoms. The number of likely N-dealkylation sites (N-methyl/N-ethyl adjacent to an activating group) is 2. The fraction of sp³-hybridized carbons (Fsp3) is 0.357. The van der Waals surface area contributed by atoms with Crippen LogP contribution in [0, 0.1) is 0 Å². The smallest absolute Gasteiger partial charge is 0.107 e. The standard InChI is InChI=1S/C14H19N3S.ClH/c1-15-8-9-17(2)10-14-16-13(11-18-14)12-6-4-3-5-7-12;/h3-7,11,15H,8-10H2,1-2H3;1H. The number of rotatable bonds is 6. The molecule has 1 aromatic carbocycles. The van der Waals surface area contributed by atoms with Gasteiger partial charge in [0, 0.05) is 24.0 Å². The molecular weight excluding hydrogens is 278 g/mol. The largest absolute Gasteiger partial charge is 0.318 e. The highest BCUT2D eigenvalue weighted by Crippen LogP contribution is 2.21. The molecule has 1 aromatic heterocycles. The molecule has 2 rings (SSSR count). The first-order valence-electron chi connectivity index (χ1n) is 6.12. The van der Waals surface area contributed by atoms with Crippen molar-refractivity contribution in [2.24, 2.45) is 0 Å². The third-order valence-electron chi connectivity index (χ3n) is 2.77. The van der Waals surface area contributed by atoms with Gasteiger partial charge in [-0.25, -0.2) is 4.98 Å². The van der Waals surface area contributed by atoms with Gasteiger partial charge in [-0.15, -0.1) is 23.7 Å². The first-order chi connectivity index (χ1) is 8.79. The van der Waals surface area contributed by atoms with Gasteiger partial charge in [0.1, 0.15) is 5.01 Å². The maximum absolute atomic E-state index is 4.68. The number of aromatic nitrogens is 1. The molecule has 1 N–H and O–H groups in total. The fourth-order valence-electron chi connectivity index (χ4n) is 1.74. The summed E-state index contributed by atoms with van der Waals surface area (Å²) in [6.45, 7) is 2.96. The molecule has 0 fully saturated rings. The normalized spacial score (nSPS) is 10.5. The van der Waals surface area contributed by atoms with Crippen molar-refractivity contribution in [1.82, 2.24) is 15.2 Å². The van der Waals surface area contributed by atoms with Gasteiger partial charge in [-0.05, 0) is 14.1 Å². The van der Waals surface area contributed by atoms with Gasteiger partial charge < -0.3 is 5.32 Å². The van der Waals surface area contributed by atoms with Gasteiger partial charge in [-0.3, -0.25) is 4.90 Å². The second-order valence-electron chi connectivity index (χ2n) is 4.33. The van der Waals surface area contributed by atoms with Gasteiger partial charge in [0.2, 0.25) is 0 Å². The maximum Gasteiger partial charge on any atom is 0.107 e. The minimum absolute atomic E-state index is 0. The molecule has 3 nitrogen and oxygen atoms in total. The second kappa shape index (κ2) is 8.27. The molecule has 5 heteroatoms. The molecular formula is C14H20ClN3S. The van der Waals surface area contributed by atoms with Crippen LogP contribution in [0.3, 0.4) is 0 Å². The Morgan fingerprint density at radius 2 is 2.00 bits per heavy atom. The van der Waals surface area contributed by atoms with Crippen LogP contribution in [0.15, 0.2) is 35.7 Å². The summed E-state index contributed by atoms with van der Waals surface area (Å²) < 4.78 is 0. The quantitative estimate of drug-likeness (QED) is 0.889. The average molecular weight is 298 g/mol. The van der Waals surface area contributed by atoms with Crippen molar-refractivity contribution in [1.29, 1.82) is 0 Å². The van der Waals surface area contributed by atoms with E-state index in [2.05, 4.69) is 39.8 Å². The molecule has 0 bridgehead atoms. The Bertz CT molecular complexity index is 473. The van der Waals surface area contributed by atoms with E-state index in [-0.39, 0.29) is 12.4 Å². The van der Waals surface area contributed by atoms with E-state index in [4.69, 9.17) is 0 Å². The van der Waals surface area contributed by atoms with E-state index in [0.717, 1.165) is 25.3 Å². The van der Waals surface area contributed by atoms with E-state index >= 15 is 0 Å². The van der Waals surface area contributed by atoms with Crippen LogP contribution >= 0.6 is 23.7 Å². The Morgan fingerprint density at radius 3 is 2.68 bits per heavy atom. The van der Waals surface area contributed by atoms with Gasteiger partial charge in [0.15, 0.2) is 0 Å². The molecule has 0 aliphatic rings. The highest BCUT2D eigenvalue weighted by atomic mass is 35.5. The summed E-state index contributed by atoms with van der Waals surface area (Å²) in [7, 11) is 4.10. The lowest BCUT2D eigenvalue weighted by molar-refractivity contribution is 0.328. The van der Waals surface area contributed by atoms with Crippen molar-refractivity contribution >= 4 is 23.7 Å². The van der Waals surface area contributed by atoms with Crippen molar-refractivity contribution < 1.29 is 0 Å². The van der Waals surface area contributed by atoms with Gasteiger partial charge in [0.25, 0.3) is 0 Å². The van der Waals surface area contributed by atoms with Crippen LogP contribution in [0.4, 0.5) is 0 Å². The van der Waals surface area contributed by atoms with Crippen LogP contribution in [-0.4, -0.2) is 37.1 Å². The number of hydrogen-bond acceptors (Lipinski definition) is 4. The van der Waals surface area contributed by atoms with E-state index in [9.17, 15) is 0 Å². The van der Waals surface area contributed by atoms with E-state index in [1.807, 2.05) is 25.2 Å². The SMILES string of the molecule is CNCCN(C)Cc1nc(-c2ccccc2)cs1.Cl. The molecule has 104 valence electrons. The zero-order valence-electron chi connectivity index (χ0n) is 11.3. The Hall–Kier alpha value is -0.940. The minimum atomic E-state index is 0. The minimum Gasteiger partial charge on any atom is -0.318 e. The van der Waals surface area contributed by atoms with Crippen molar-refractivity contribution in [3.05, 3.63) is 40.7 Å². The number of hydrogen-bond donors (Lipinski definition) is 1. The Kier molecular flexibility index (Phi) is 7.02. The van der Waals surface area contributed by atoms with Crippen LogP contribution in [0.5, 0.6) is 0 Å². The van der Waals surface area contributed by atoms with Crippen molar-refractivity contribution in [3.8, 4) is 11.3 Å². The molecule has 0 saturated heterocycles. The van der Waals surface area contributed by atoms with Gasteiger partial charge >= 0.3 is 0 Å². The fourth-order valence-corrected chi connectivity index (χ4v) is 2.62. The number of benzene rings is 1. The van der Waals surface area contributed by atoms with Crippen LogP contribution in [0.25, 0.3) is 11.3 Å². The zero-order chi connectivity index (χ0) is 12.8. The van der Waals surface area contributed by atoms with Crippen LogP contribution < -0.4 is 5.32 Å². The van der Waals surface area contributed by atoms with E-state index in [1.54, 1.807) is 11.3 Å². The first kappa shape index (κ1) is 16.1.